The summed E-state index contributed by atoms with van der Waals surface area (Å²) in [5, 5.41) is 14.0. The van der Waals surface area contributed by atoms with E-state index in [1.807, 2.05) is 0 Å². The van der Waals surface area contributed by atoms with Gasteiger partial charge in [0.2, 0.25) is 0 Å². The highest BCUT2D eigenvalue weighted by Gasteiger charge is 2.07. The Labute approximate surface area is 146 Å². The molecule has 0 unspecified atom stereocenters. The summed E-state index contributed by atoms with van der Waals surface area (Å²) in [6.45, 7) is 0. The number of benzene rings is 2. The van der Waals surface area contributed by atoms with Gasteiger partial charge in [-0.15, -0.1) is 4.68 Å². The highest BCUT2D eigenvalue weighted by molar-refractivity contribution is 9.11. The molecular weight excluding hydrogens is 430 g/mol. The fourth-order valence-corrected chi connectivity index (χ4v) is 3.26. The molecule has 0 bridgehead atoms. The average molecular weight is 439 g/mol. The summed E-state index contributed by atoms with van der Waals surface area (Å²) in [6, 6.07) is 9.95. The largest absolute Gasteiger partial charge is 0.506 e. The Bertz CT molecular complexity index is 1030. The molecule has 116 valence electrons. The SMILES string of the molecule is O=c1[nH]c2ccccc2c(=O)n1/N=C/c1cc(Br)c(O)c(Br)c1. The van der Waals surface area contributed by atoms with Crippen molar-refractivity contribution in [3.63, 3.8) is 0 Å². The van der Waals surface area contributed by atoms with Crippen LogP contribution in [0.25, 0.3) is 10.9 Å². The Morgan fingerprint density at radius 2 is 1.78 bits per heavy atom. The van der Waals surface area contributed by atoms with Crippen molar-refractivity contribution >= 4 is 49.0 Å². The quantitative estimate of drug-likeness (QED) is 0.603. The standard InChI is InChI=1S/C15H9Br2N3O3/c16-10-5-8(6-11(17)13(10)21)7-18-20-14(22)9-3-1-2-4-12(9)19-15(20)23/h1-7,21H,(H,19,23)/b18-7+. The molecule has 0 saturated heterocycles. The third kappa shape index (κ3) is 2.99. The molecule has 0 aliphatic rings. The number of halogens is 2. The van der Waals surface area contributed by atoms with Crippen LogP contribution in [0.3, 0.4) is 0 Å². The van der Waals surface area contributed by atoms with Crippen molar-refractivity contribution < 1.29 is 5.11 Å². The molecule has 0 spiro atoms. The van der Waals surface area contributed by atoms with Gasteiger partial charge >= 0.3 is 5.69 Å². The topological polar surface area (TPSA) is 87.5 Å². The minimum absolute atomic E-state index is 0.0582. The third-order valence-corrected chi connectivity index (χ3v) is 4.35. The van der Waals surface area contributed by atoms with Gasteiger partial charge in [0.25, 0.3) is 5.56 Å². The number of fused-ring (bicyclic) bond motifs is 1. The Kier molecular flexibility index (Phi) is 4.18. The van der Waals surface area contributed by atoms with Gasteiger partial charge in [0.1, 0.15) is 5.75 Å². The lowest BCUT2D eigenvalue weighted by molar-refractivity contribution is 0.468. The number of nitrogens with one attached hydrogen (secondary N) is 1. The highest BCUT2D eigenvalue weighted by Crippen LogP contribution is 2.32. The molecule has 3 aromatic rings. The first-order valence-electron chi connectivity index (χ1n) is 6.44. The number of hydrogen-bond acceptors (Lipinski definition) is 4. The summed E-state index contributed by atoms with van der Waals surface area (Å²) in [4.78, 5) is 26.9. The molecule has 8 heteroatoms. The van der Waals surface area contributed by atoms with Crippen LogP contribution in [0.4, 0.5) is 0 Å². The van der Waals surface area contributed by atoms with Gasteiger partial charge < -0.3 is 10.1 Å². The van der Waals surface area contributed by atoms with E-state index in [2.05, 4.69) is 41.9 Å². The average Bonchev–Trinajstić information content (AvgIpc) is 2.52. The van der Waals surface area contributed by atoms with Crippen LogP contribution in [-0.2, 0) is 0 Å². The number of aromatic nitrogens is 2. The Balaban J connectivity index is 2.12. The number of phenolic OH excluding ortho intramolecular Hbond substituents is 1. The van der Waals surface area contributed by atoms with Gasteiger partial charge in [0.15, 0.2) is 0 Å². The van der Waals surface area contributed by atoms with Crippen molar-refractivity contribution in [1.29, 1.82) is 0 Å². The minimum atomic E-state index is -0.623. The second kappa shape index (κ2) is 6.13. The first-order valence-corrected chi connectivity index (χ1v) is 8.02. The molecule has 0 fully saturated rings. The van der Waals surface area contributed by atoms with E-state index in [4.69, 9.17) is 0 Å². The highest BCUT2D eigenvalue weighted by atomic mass is 79.9. The number of aromatic hydroxyl groups is 1. The Morgan fingerprint density at radius 1 is 1.13 bits per heavy atom. The van der Waals surface area contributed by atoms with Gasteiger partial charge in [-0.3, -0.25) is 4.79 Å². The first-order chi connectivity index (χ1) is 11.0. The Hall–Kier alpha value is -2.19. The van der Waals surface area contributed by atoms with Crippen LogP contribution in [0.1, 0.15) is 5.56 Å². The number of nitrogens with zero attached hydrogens (tertiary/aromatic N) is 2. The second-order valence-electron chi connectivity index (χ2n) is 4.67. The molecule has 2 aromatic carbocycles. The zero-order chi connectivity index (χ0) is 16.6. The Morgan fingerprint density at radius 3 is 2.48 bits per heavy atom. The van der Waals surface area contributed by atoms with Crippen LogP contribution in [0.5, 0.6) is 5.75 Å². The lowest BCUT2D eigenvalue weighted by Gasteiger charge is -2.03. The molecule has 6 nitrogen and oxygen atoms in total. The van der Waals surface area contributed by atoms with E-state index in [1.165, 1.54) is 6.21 Å². The number of hydrogen-bond donors (Lipinski definition) is 2. The van der Waals surface area contributed by atoms with Crippen molar-refractivity contribution in [1.82, 2.24) is 9.66 Å². The monoisotopic (exact) mass is 437 g/mol. The number of aromatic amines is 1. The molecule has 1 heterocycles. The molecular formula is C15H9Br2N3O3. The van der Waals surface area contributed by atoms with E-state index in [9.17, 15) is 14.7 Å². The molecule has 0 amide bonds. The molecule has 23 heavy (non-hydrogen) atoms. The van der Waals surface area contributed by atoms with Gasteiger partial charge in [0.05, 0.1) is 26.1 Å². The van der Waals surface area contributed by atoms with Crippen LogP contribution >= 0.6 is 31.9 Å². The normalized spacial score (nSPS) is 11.4. The number of phenols is 1. The number of rotatable bonds is 2. The molecule has 2 N–H and O–H groups in total. The van der Waals surface area contributed by atoms with Gasteiger partial charge in [-0.1, -0.05) is 12.1 Å². The van der Waals surface area contributed by atoms with Gasteiger partial charge in [0, 0.05) is 0 Å². The van der Waals surface area contributed by atoms with Crippen molar-refractivity contribution in [2.45, 2.75) is 0 Å². The van der Waals surface area contributed by atoms with Gasteiger partial charge in [-0.05, 0) is 61.7 Å². The fourth-order valence-electron chi connectivity index (χ4n) is 2.04. The minimum Gasteiger partial charge on any atom is -0.506 e. The van der Waals surface area contributed by atoms with Crippen molar-refractivity contribution in [3.05, 3.63) is 71.7 Å². The summed E-state index contributed by atoms with van der Waals surface area (Å²) in [7, 11) is 0. The van der Waals surface area contributed by atoms with E-state index in [1.54, 1.807) is 36.4 Å². The molecule has 0 saturated carbocycles. The van der Waals surface area contributed by atoms with E-state index >= 15 is 0 Å². The lowest BCUT2D eigenvalue weighted by atomic mass is 10.2. The van der Waals surface area contributed by atoms with Crippen molar-refractivity contribution in [3.8, 4) is 5.75 Å². The van der Waals surface area contributed by atoms with Crippen LogP contribution in [-0.4, -0.2) is 21.0 Å². The maximum absolute atomic E-state index is 12.3. The summed E-state index contributed by atoms with van der Waals surface area (Å²) in [5.74, 6) is 0.0582. The van der Waals surface area contributed by atoms with Crippen LogP contribution in [0, 0.1) is 0 Å². The van der Waals surface area contributed by atoms with Gasteiger partial charge in [-0.2, -0.15) is 5.10 Å². The van der Waals surface area contributed by atoms with Crippen molar-refractivity contribution in [2.24, 2.45) is 5.10 Å². The van der Waals surface area contributed by atoms with Crippen LogP contribution in [0.2, 0.25) is 0 Å². The third-order valence-electron chi connectivity index (χ3n) is 3.15. The maximum atomic E-state index is 12.3. The predicted octanol–water partition coefficient (Wildman–Crippen LogP) is 2.80. The zero-order valence-corrected chi connectivity index (χ0v) is 14.6. The number of H-pyrrole nitrogens is 1. The predicted molar refractivity (Wildman–Crippen MR) is 95.3 cm³/mol. The summed E-state index contributed by atoms with van der Waals surface area (Å²) in [6.07, 6.45) is 1.36. The van der Waals surface area contributed by atoms with E-state index < -0.39 is 11.2 Å². The molecule has 0 radical (unpaired) electrons. The summed E-state index contributed by atoms with van der Waals surface area (Å²) in [5.41, 5.74) is -0.0653. The molecule has 1 aromatic heterocycles. The van der Waals surface area contributed by atoms with E-state index in [0.29, 0.717) is 25.4 Å². The smallest absolute Gasteiger partial charge is 0.349 e. The summed E-state index contributed by atoms with van der Waals surface area (Å²) < 4.78 is 1.69. The van der Waals surface area contributed by atoms with E-state index in [-0.39, 0.29) is 5.75 Å². The maximum Gasteiger partial charge on any atom is 0.349 e. The molecule has 0 aliphatic heterocycles. The molecule has 0 atom stereocenters. The second-order valence-corrected chi connectivity index (χ2v) is 6.38. The molecule has 0 aliphatic carbocycles. The van der Waals surface area contributed by atoms with Gasteiger partial charge in [-0.25, -0.2) is 4.79 Å². The fraction of sp³-hybridized carbons (Fsp3) is 0. The lowest BCUT2D eigenvalue weighted by Crippen LogP contribution is -2.32. The first kappa shape index (κ1) is 15.7. The molecule has 3 rings (SSSR count). The van der Waals surface area contributed by atoms with Crippen LogP contribution in [0.15, 0.2) is 60.0 Å². The van der Waals surface area contributed by atoms with E-state index in [0.717, 1.165) is 4.68 Å². The zero-order valence-electron chi connectivity index (χ0n) is 11.5. The summed E-state index contributed by atoms with van der Waals surface area (Å²) >= 11 is 6.41. The van der Waals surface area contributed by atoms with Crippen LogP contribution < -0.4 is 11.2 Å². The number of para-hydroxylation sites is 1. The van der Waals surface area contributed by atoms with Crippen molar-refractivity contribution in [2.75, 3.05) is 0 Å².